The number of phenols is 2. The van der Waals surface area contributed by atoms with Crippen molar-refractivity contribution in [3.8, 4) is 11.5 Å². The Morgan fingerprint density at radius 3 is 1.97 bits per heavy atom. The molecule has 3 N–H and O–H groups in total. The van der Waals surface area contributed by atoms with Gasteiger partial charge in [0.2, 0.25) is 0 Å². The normalized spacial score (nSPS) is 24.8. The van der Waals surface area contributed by atoms with Gasteiger partial charge in [0, 0.05) is 28.7 Å². The summed E-state index contributed by atoms with van der Waals surface area (Å²) in [6.07, 6.45) is 0.333. The first kappa shape index (κ1) is 18.3. The number of rotatable bonds is 1. The lowest BCUT2D eigenvalue weighted by atomic mass is 9.72. The van der Waals surface area contributed by atoms with E-state index in [-0.39, 0.29) is 58.6 Å². The van der Waals surface area contributed by atoms with Crippen molar-refractivity contribution in [1.82, 2.24) is 0 Å². The number of fused-ring (bicyclic) bond motifs is 3. The van der Waals surface area contributed by atoms with Gasteiger partial charge in [-0.05, 0) is 19.8 Å². The van der Waals surface area contributed by atoms with Crippen LogP contribution in [0.25, 0.3) is 0 Å². The Bertz CT molecular complexity index is 1080. The average molecular weight is 396 g/mol. The van der Waals surface area contributed by atoms with E-state index in [0.717, 1.165) is 0 Å². The smallest absolute Gasteiger partial charge is 0.198 e. The number of aromatic hydroxyl groups is 2. The summed E-state index contributed by atoms with van der Waals surface area (Å²) in [5.74, 6) is -2.96. The number of phenolic OH excluding ortho intramolecular Hbond substituents is 2. The molecule has 5 rings (SSSR count). The van der Waals surface area contributed by atoms with Crippen LogP contribution in [-0.4, -0.2) is 51.5 Å². The van der Waals surface area contributed by atoms with Gasteiger partial charge in [-0.15, -0.1) is 0 Å². The van der Waals surface area contributed by atoms with Crippen molar-refractivity contribution in [2.45, 2.75) is 37.6 Å². The van der Waals surface area contributed by atoms with Crippen molar-refractivity contribution in [2.24, 2.45) is 0 Å². The third-order valence-corrected chi connectivity index (χ3v) is 6.47. The summed E-state index contributed by atoms with van der Waals surface area (Å²) in [5, 5.41) is 33.2. The third kappa shape index (κ3) is 2.29. The quantitative estimate of drug-likeness (QED) is 0.538. The van der Waals surface area contributed by atoms with Crippen LogP contribution in [0.3, 0.4) is 0 Å². The van der Waals surface area contributed by atoms with Gasteiger partial charge in [0.25, 0.3) is 0 Å². The van der Waals surface area contributed by atoms with E-state index in [1.807, 2.05) is 0 Å². The van der Waals surface area contributed by atoms with E-state index in [9.17, 15) is 24.9 Å². The fourth-order valence-corrected chi connectivity index (χ4v) is 4.76. The number of ether oxygens (including phenoxy) is 2. The molecule has 2 aliphatic carbocycles. The Balaban J connectivity index is 1.69. The zero-order chi connectivity index (χ0) is 20.6. The van der Waals surface area contributed by atoms with Crippen LogP contribution in [0.1, 0.15) is 56.3 Å². The van der Waals surface area contributed by atoms with Crippen LogP contribution < -0.4 is 0 Å². The van der Waals surface area contributed by atoms with Crippen LogP contribution in [0.15, 0.2) is 24.3 Å². The average Bonchev–Trinajstić information content (AvgIpc) is 3.17. The number of ketones is 2. The molecule has 0 bridgehead atoms. The molecule has 150 valence electrons. The molecule has 2 aromatic rings. The molecule has 2 aromatic carbocycles. The molecule has 29 heavy (non-hydrogen) atoms. The number of carbonyl (C=O) groups is 2. The Morgan fingerprint density at radius 1 is 0.897 bits per heavy atom. The summed E-state index contributed by atoms with van der Waals surface area (Å²) in [4.78, 5) is 26.0. The first-order valence-corrected chi connectivity index (χ1v) is 9.56. The zero-order valence-electron chi connectivity index (χ0n) is 15.8. The molecular formula is C22H20O7. The third-order valence-electron chi connectivity index (χ3n) is 6.47. The zero-order valence-corrected chi connectivity index (χ0v) is 15.8. The maximum atomic E-state index is 13.1. The van der Waals surface area contributed by atoms with Gasteiger partial charge in [-0.3, -0.25) is 9.59 Å². The Kier molecular flexibility index (Phi) is 3.71. The molecule has 1 aliphatic heterocycles. The van der Waals surface area contributed by atoms with Crippen LogP contribution >= 0.6 is 0 Å². The van der Waals surface area contributed by atoms with Crippen LogP contribution in [0.4, 0.5) is 0 Å². The van der Waals surface area contributed by atoms with Crippen molar-refractivity contribution in [3.05, 3.63) is 57.6 Å². The van der Waals surface area contributed by atoms with E-state index in [2.05, 4.69) is 0 Å². The molecule has 3 aliphatic rings. The molecule has 1 fully saturated rings. The van der Waals surface area contributed by atoms with Crippen molar-refractivity contribution >= 4 is 11.6 Å². The van der Waals surface area contributed by atoms with Crippen LogP contribution in [0.2, 0.25) is 0 Å². The monoisotopic (exact) mass is 396 g/mol. The summed E-state index contributed by atoms with van der Waals surface area (Å²) in [6.45, 7) is 2.33. The van der Waals surface area contributed by atoms with E-state index in [1.54, 1.807) is 19.1 Å². The fraction of sp³-hybridized carbons (Fsp3) is 0.364. The maximum Gasteiger partial charge on any atom is 0.198 e. The lowest BCUT2D eigenvalue weighted by Crippen LogP contribution is -2.56. The SMILES string of the molecule is CC1(C2(O)CCc3c(O)c4c(c(O)c3C2)C(=O)c2ccccc2C4=O)OCCO1. The van der Waals surface area contributed by atoms with E-state index in [4.69, 9.17) is 9.47 Å². The summed E-state index contributed by atoms with van der Waals surface area (Å²) in [6, 6.07) is 6.33. The molecule has 0 amide bonds. The standard InChI is InChI=1S/C22H20O7/c1-21(28-8-9-29-21)22(27)7-6-13-14(10-22)20(26)16-15(19(13)25)17(23)11-4-2-3-5-12(11)18(16)24/h2-5,25-27H,6-10H2,1H3. The molecule has 0 spiro atoms. The number of carbonyl (C=O) groups excluding carboxylic acids is 2. The topological polar surface area (TPSA) is 113 Å². The first-order chi connectivity index (χ1) is 13.8. The van der Waals surface area contributed by atoms with E-state index >= 15 is 0 Å². The highest BCUT2D eigenvalue weighted by Gasteiger charge is 2.54. The van der Waals surface area contributed by atoms with Crippen LogP contribution in [0.5, 0.6) is 11.5 Å². The maximum absolute atomic E-state index is 13.1. The highest BCUT2D eigenvalue weighted by molar-refractivity contribution is 6.30. The molecule has 1 atom stereocenters. The van der Waals surface area contributed by atoms with Crippen LogP contribution in [0, 0.1) is 0 Å². The molecule has 1 heterocycles. The van der Waals surface area contributed by atoms with Gasteiger partial charge in [-0.25, -0.2) is 0 Å². The van der Waals surface area contributed by atoms with Gasteiger partial charge in [-0.1, -0.05) is 24.3 Å². The van der Waals surface area contributed by atoms with Crippen molar-refractivity contribution in [1.29, 1.82) is 0 Å². The van der Waals surface area contributed by atoms with Gasteiger partial charge < -0.3 is 24.8 Å². The second kappa shape index (κ2) is 5.89. The van der Waals surface area contributed by atoms with Crippen molar-refractivity contribution < 1.29 is 34.4 Å². The predicted molar refractivity (Wildman–Crippen MR) is 100 cm³/mol. The largest absolute Gasteiger partial charge is 0.507 e. The lowest BCUT2D eigenvalue weighted by Gasteiger charge is -2.44. The number of hydrogen-bond acceptors (Lipinski definition) is 7. The second-order valence-electron chi connectivity index (χ2n) is 7.96. The highest BCUT2D eigenvalue weighted by atomic mass is 16.7. The molecule has 1 unspecified atom stereocenters. The molecule has 7 heteroatoms. The molecule has 0 aromatic heterocycles. The van der Waals surface area contributed by atoms with E-state index in [1.165, 1.54) is 12.1 Å². The minimum atomic E-state index is -1.45. The summed E-state index contributed by atoms with van der Waals surface area (Å²) in [7, 11) is 0. The molecule has 0 radical (unpaired) electrons. The Hall–Kier alpha value is -2.74. The number of aliphatic hydroxyl groups is 1. The van der Waals surface area contributed by atoms with Gasteiger partial charge >= 0.3 is 0 Å². The molecule has 1 saturated heterocycles. The fourth-order valence-electron chi connectivity index (χ4n) is 4.76. The molecule has 0 saturated carbocycles. The van der Waals surface area contributed by atoms with E-state index in [0.29, 0.717) is 18.8 Å². The van der Waals surface area contributed by atoms with Gasteiger partial charge in [0.05, 0.1) is 24.3 Å². The molecule has 7 nitrogen and oxygen atoms in total. The van der Waals surface area contributed by atoms with Crippen molar-refractivity contribution in [2.75, 3.05) is 13.2 Å². The summed E-state index contributed by atoms with van der Waals surface area (Å²) in [5.41, 5.74) is -0.840. The van der Waals surface area contributed by atoms with E-state index < -0.39 is 23.0 Å². The van der Waals surface area contributed by atoms with Gasteiger partial charge in [0.15, 0.2) is 17.4 Å². The van der Waals surface area contributed by atoms with Crippen molar-refractivity contribution in [3.63, 3.8) is 0 Å². The minimum Gasteiger partial charge on any atom is -0.507 e. The Morgan fingerprint density at radius 2 is 1.41 bits per heavy atom. The van der Waals surface area contributed by atoms with Gasteiger partial charge in [0.1, 0.15) is 17.1 Å². The Labute approximate surface area is 166 Å². The number of benzene rings is 2. The highest BCUT2D eigenvalue weighted by Crippen LogP contribution is 2.49. The summed E-state index contributed by atoms with van der Waals surface area (Å²) >= 11 is 0. The number of hydrogen-bond donors (Lipinski definition) is 3. The second-order valence-corrected chi connectivity index (χ2v) is 7.96. The minimum absolute atomic E-state index is 0.0748. The predicted octanol–water partition coefficient (Wildman–Crippen LogP) is 1.86. The first-order valence-electron chi connectivity index (χ1n) is 9.56. The van der Waals surface area contributed by atoms with Crippen LogP contribution in [-0.2, 0) is 22.3 Å². The van der Waals surface area contributed by atoms with Gasteiger partial charge in [-0.2, -0.15) is 0 Å². The molecular weight excluding hydrogens is 376 g/mol. The lowest BCUT2D eigenvalue weighted by molar-refractivity contribution is -0.262. The summed E-state index contributed by atoms with van der Waals surface area (Å²) < 4.78 is 11.3.